The molecule has 0 N–H and O–H groups in total. The van der Waals surface area contributed by atoms with Crippen LogP contribution in [0.2, 0.25) is 0 Å². The smallest absolute Gasteiger partial charge is 0.250 e. The first kappa shape index (κ1) is 21.0. The molecule has 1 saturated heterocycles. The van der Waals surface area contributed by atoms with Crippen LogP contribution in [0.15, 0.2) is 76.4 Å². The van der Waals surface area contributed by atoms with Crippen LogP contribution in [-0.2, 0) is 16.6 Å². The number of anilines is 1. The standard InChI is InChI=1S/C25H27N3O3S/c1-26(2)21-10-8-19(9-11-21)23-12-13-24(29)28-16-18-14-20(25(23)28)17-27(15-18)32(30,31)22-6-4-3-5-7-22/h3-13,18,20H,14-17H2,1-2H3/t18-,20+/m0/s1. The highest BCUT2D eigenvalue weighted by atomic mass is 32.2. The highest BCUT2D eigenvalue weighted by Crippen LogP contribution is 2.41. The molecule has 32 heavy (non-hydrogen) atoms. The third-order valence-corrected chi connectivity index (χ3v) is 8.48. The number of hydrogen-bond donors (Lipinski definition) is 0. The van der Waals surface area contributed by atoms with E-state index in [9.17, 15) is 13.2 Å². The number of piperidine rings is 1. The van der Waals surface area contributed by atoms with Crippen molar-refractivity contribution < 1.29 is 8.42 Å². The molecule has 0 radical (unpaired) electrons. The zero-order valence-electron chi connectivity index (χ0n) is 18.3. The molecule has 0 amide bonds. The molecule has 2 aliphatic heterocycles. The molecule has 166 valence electrons. The average Bonchev–Trinajstić information content (AvgIpc) is 2.80. The number of aromatic nitrogens is 1. The minimum Gasteiger partial charge on any atom is -0.378 e. The van der Waals surface area contributed by atoms with Gasteiger partial charge in [0.05, 0.1) is 4.90 Å². The lowest BCUT2D eigenvalue weighted by Crippen LogP contribution is -2.49. The van der Waals surface area contributed by atoms with Gasteiger partial charge in [-0.1, -0.05) is 30.3 Å². The molecule has 2 aromatic carbocycles. The summed E-state index contributed by atoms with van der Waals surface area (Å²) in [6.07, 6.45) is 0.896. The molecule has 0 aliphatic carbocycles. The van der Waals surface area contributed by atoms with Gasteiger partial charge in [-0.05, 0) is 48.2 Å². The average molecular weight is 450 g/mol. The minimum atomic E-state index is -3.57. The zero-order valence-corrected chi connectivity index (χ0v) is 19.1. The Labute approximate surface area is 188 Å². The van der Waals surface area contributed by atoms with Crippen molar-refractivity contribution >= 4 is 15.7 Å². The summed E-state index contributed by atoms with van der Waals surface area (Å²) in [7, 11) is 0.437. The summed E-state index contributed by atoms with van der Waals surface area (Å²) < 4.78 is 30.1. The van der Waals surface area contributed by atoms with E-state index in [2.05, 4.69) is 24.3 Å². The predicted octanol–water partition coefficient (Wildman–Crippen LogP) is 3.39. The van der Waals surface area contributed by atoms with Gasteiger partial charge in [-0.2, -0.15) is 4.31 Å². The molecular weight excluding hydrogens is 422 g/mol. The first-order chi connectivity index (χ1) is 15.3. The second-order valence-corrected chi connectivity index (χ2v) is 10.9. The van der Waals surface area contributed by atoms with Crippen molar-refractivity contribution in [2.75, 3.05) is 32.1 Å². The summed E-state index contributed by atoms with van der Waals surface area (Å²) in [4.78, 5) is 15.1. The van der Waals surface area contributed by atoms with Crippen LogP contribution in [0.5, 0.6) is 0 Å². The van der Waals surface area contributed by atoms with Crippen molar-refractivity contribution in [2.45, 2.75) is 23.8 Å². The molecule has 0 unspecified atom stereocenters. The van der Waals surface area contributed by atoms with Gasteiger partial charge in [0, 0.05) is 62.7 Å². The number of pyridine rings is 1. The molecule has 1 aromatic heterocycles. The van der Waals surface area contributed by atoms with Crippen molar-refractivity contribution in [2.24, 2.45) is 5.92 Å². The van der Waals surface area contributed by atoms with Crippen molar-refractivity contribution in [3.05, 3.63) is 82.8 Å². The van der Waals surface area contributed by atoms with Crippen molar-refractivity contribution in [1.29, 1.82) is 0 Å². The van der Waals surface area contributed by atoms with Gasteiger partial charge in [0.25, 0.3) is 5.56 Å². The molecule has 3 heterocycles. The van der Waals surface area contributed by atoms with Gasteiger partial charge in [0.15, 0.2) is 0 Å². The minimum absolute atomic E-state index is 0.0114. The van der Waals surface area contributed by atoms with Gasteiger partial charge >= 0.3 is 0 Å². The normalized spacial score (nSPS) is 20.6. The maximum Gasteiger partial charge on any atom is 0.250 e. The summed E-state index contributed by atoms with van der Waals surface area (Å²) in [6, 6.07) is 20.4. The Morgan fingerprint density at radius 2 is 1.59 bits per heavy atom. The molecule has 3 aromatic rings. The van der Waals surface area contributed by atoms with E-state index in [-0.39, 0.29) is 17.4 Å². The fourth-order valence-electron chi connectivity index (χ4n) is 5.09. The maximum absolute atomic E-state index is 13.3. The zero-order chi connectivity index (χ0) is 22.5. The molecular formula is C25H27N3O3S. The van der Waals surface area contributed by atoms with Crippen LogP contribution in [0.1, 0.15) is 18.0 Å². The summed E-state index contributed by atoms with van der Waals surface area (Å²) in [6.45, 7) is 1.39. The summed E-state index contributed by atoms with van der Waals surface area (Å²) >= 11 is 0. The summed E-state index contributed by atoms with van der Waals surface area (Å²) in [5, 5.41) is 0. The Balaban J connectivity index is 1.56. The monoisotopic (exact) mass is 449 g/mol. The van der Waals surface area contributed by atoms with E-state index in [1.54, 1.807) is 34.6 Å². The molecule has 7 heteroatoms. The Morgan fingerprint density at radius 1 is 0.875 bits per heavy atom. The van der Waals surface area contributed by atoms with Gasteiger partial charge in [0.2, 0.25) is 10.0 Å². The molecule has 6 nitrogen and oxygen atoms in total. The van der Waals surface area contributed by atoms with E-state index < -0.39 is 10.0 Å². The third-order valence-electron chi connectivity index (χ3n) is 6.63. The van der Waals surface area contributed by atoms with Crippen molar-refractivity contribution in [1.82, 2.24) is 8.87 Å². The first-order valence-electron chi connectivity index (χ1n) is 10.9. The van der Waals surface area contributed by atoms with E-state index in [4.69, 9.17) is 0 Å². The van der Waals surface area contributed by atoms with Gasteiger partial charge in [-0.25, -0.2) is 8.42 Å². The van der Waals surface area contributed by atoms with Gasteiger partial charge in [-0.15, -0.1) is 0 Å². The number of hydrogen-bond acceptors (Lipinski definition) is 4. The molecule has 2 atom stereocenters. The topological polar surface area (TPSA) is 62.6 Å². The molecule has 1 fully saturated rings. The SMILES string of the molecule is CN(C)c1ccc(-c2ccc(=O)n3c2[C@@H]2C[C@@H](CN(S(=O)(=O)c4ccccc4)C2)C3)cc1. The highest BCUT2D eigenvalue weighted by molar-refractivity contribution is 7.89. The van der Waals surface area contributed by atoms with Crippen LogP contribution in [0, 0.1) is 5.92 Å². The second-order valence-electron chi connectivity index (χ2n) is 8.96. The van der Waals surface area contributed by atoms with Gasteiger partial charge in [-0.3, -0.25) is 4.79 Å². The second kappa shape index (κ2) is 7.90. The third kappa shape index (κ3) is 3.55. The Morgan fingerprint density at radius 3 is 2.28 bits per heavy atom. The molecule has 2 bridgehead atoms. The first-order valence-corrected chi connectivity index (χ1v) is 12.4. The fraction of sp³-hybridized carbons (Fsp3) is 0.320. The lowest BCUT2D eigenvalue weighted by atomic mass is 9.81. The van der Waals surface area contributed by atoms with E-state index >= 15 is 0 Å². The number of fused-ring (bicyclic) bond motifs is 4. The maximum atomic E-state index is 13.3. The Kier molecular flexibility index (Phi) is 5.18. The molecule has 5 rings (SSSR count). The van der Waals surface area contributed by atoms with Crippen molar-refractivity contribution in [3.63, 3.8) is 0 Å². The van der Waals surface area contributed by atoms with Crippen molar-refractivity contribution in [3.8, 4) is 11.1 Å². The van der Waals surface area contributed by atoms with Crippen LogP contribution >= 0.6 is 0 Å². The molecule has 0 saturated carbocycles. The van der Waals surface area contributed by atoms with Crippen LogP contribution in [-0.4, -0.2) is 44.5 Å². The molecule has 2 aliphatic rings. The van der Waals surface area contributed by atoms with Crippen LogP contribution in [0.3, 0.4) is 0 Å². The highest BCUT2D eigenvalue weighted by Gasteiger charge is 2.40. The van der Waals surface area contributed by atoms with Crippen LogP contribution in [0.25, 0.3) is 11.1 Å². The lowest BCUT2D eigenvalue weighted by Gasteiger charge is -2.42. The van der Waals surface area contributed by atoms with E-state index in [1.165, 1.54) is 0 Å². The van der Waals surface area contributed by atoms with E-state index in [1.807, 2.05) is 35.7 Å². The van der Waals surface area contributed by atoms with Gasteiger partial charge in [0.1, 0.15) is 0 Å². The number of rotatable bonds is 4. The summed E-state index contributed by atoms with van der Waals surface area (Å²) in [5.41, 5.74) is 4.11. The van der Waals surface area contributed by atoms with Crippen LogP contribution < -0.4 is 10.5 Å². The number of sulfonamides is 1. The number of benzene rings is 2. The number of nitrogens with zero attached hydrogens (tertiary/aromatic N) is 3. The predicted molar refractivity (Wildman–Crippen MR) is 127 cm³/mol. The van der Waals surface area contributed by atoms with Crippen LogP contribution in [0.4, 0.5) is 5.69 Å². The largest absolute Gasteiger partial charge is 0.378 e. The fourth-order valence-corrected chi connectivity index (χ4v) is 6.67. The van der Waals surface area contributed by atoms with Gasteiger partial charge < -0.3 is 9.47 Å². The molecule has 0 spiro atoms. The lowest BCUT2D eigenvalue weighted by molar-refractivity contribution is 0.187. The summed E-state index contributed by atoms with van der Waals surface area (Å²) in [5.74, 6) is 0.113. The Hall–Kier alpha value is -2.90. The van der Waals surface area contributed by atoms with E-state index in [0.717, 1.165) is 28.9 Å². The Bertz CT molecular complexity index is 1300. The van der Waals surface area contributed by atoms with E-state index in [0.29, 0.717) is 24.5 Å². The quantitative estimate of drug-likeness (QED) is 0.613.